The van der Waals surface area contributed by atoms with Crippen molar-refractivity contribution in [2.24, 2.45) is 5.73 Å². The van der Waals surface area contributed by atoms with Crippen molar-refractivity contribution in [1.82, 2.24) is 19.9 Å². The minimum atomic E-state index is 0.482. The molecule has 15 heavy (non-hydrogen) atoms. The third kappa shape index (κ3) is 2.35. The Balaban J connectivity index is 1.89. The van der Waals surface area contributed by atoms with Gasteiger partial charge in [-0.25, -0.2) is 4.68 Å². The van der Waals surface area contributed by atoms with Gasteiger partial charge >= 0.3 is 0 Å². The molecule has 1 fully saturated rings. The lowest BCUT2D eigenvalue weighted by Gasteiger charge is -2.14. The highest BCUT2D eigenvalue weighted by atomic mass is 15.4. The first kappa shape index (κ1) is 10.6. The molecule has 0 spiro atoms. The first-order valence-corrected chi connectivity index (χ1v) is 5.62. The largest absolute Gasteiger partial charge is 0.325 e. The van der Waals surface area contributed by atoms with Crippen LogP contribution in [0.1, 0.15) is 24.2 Å². The number of rotatable bonds is 4. The number of hydrogen-bond acceptors (Lipinski definition) is 4. The fourth-order valence-corrected chi connectivity index (χ4v) is 2.04. The van der Waals surface area contributed by atoms with E-state index in [9.17, 15) is 0 Å². The van der Waals surface area contributed by atoms with Gasteiger partial charge in [0, 0.05) is 13.1 Å². The lowest BCUT2D eigenvalue weighted by molar-refractivity contribution is 0.312. The SMILES string of the molecule is Cc1c(CN)nnn1CCN1CCCC1. The first-order chi connectivity index (χ1) is 7.31. The van der Waals surface area contributed by atoms with Crippen LogP contribution in [0.2, 0.25) is 0 Å². The maximum atomic E-state index is 5.56. The summed E-state index contributed by atoms with van der Waals surface area (Å²) in [7, 11) is 0. The van der Waals surface area contributed by atoms with Crippen molar-refractivity contribution in [3.63, 3.8) is 0 Å². The van der Waals surface area contributed by atoms with Gasteiger partial charge in [0.1, 0.15) is 0 Å². The summed E-state index contributed by atoms with van der Waals surface area (Å²) in [6.45, 7) is 6.99. The van der Waals surface area contributed by atoms with Gasteiger partial charge in [0.2, 0.25) is 0 Å². The molecule has 1 aliphatic rings. The van der Waals surface area contributed by atoms with E-state index in [1.54, 1.807) is 0 Å². The van der Waals surface area contributed by atoms with Gasteiger partial charge in [0.05, 0.1) is 17.9 Å². The average Bonchev–Trinajstić information content (AvgIpc) is 2.85. The van der Waals surface area contributed by atoms with Gasteiger partial charge in [-0.1, -0.05) is 5.21 Å². The molecule has 1 aliphatic heterocycles. The van der Waals surface area contributed by atoms with Crippen molar-refractivity contribution in [1.29, 1.82) is 0 Å². The van der Waals surface area contributed by atoms with Gasteiger partial charge < -0.3 is 10.6 Å². The maximum Gasteiger partial charge on any atom is 0.0991 e. The van der Waals surface area contributed by atoms with Crippen LogP contribution in [0.3, 0.4) is 0 Å². The van der Waals surface area contributed by atoms with Crippen LogP contribution in [0, 0.1) is 6.92 Å². The van der Waals surface area contributed by atoms with E-state index in [1.165, 1.54) is 25.9 Å². The van der Waals surface area contributed by atoms with E-state index in [0.717, 1.165) is 24.5 Å². The molecule has 1 aromatic rings. The molecule has 1 aromatic heterocycles. The Labute approximate surface area is 90.2 Å². The minimum absolute atomic E-state index is 0.482. The average molecular weight is 209 g/mol. The molecule has 5 heteroatoms. The number of likely N-dealkylation sites (tertiary alicyclic amines) is 1. The molecule has 0 aliphatic carbocycles. The van der Waals surface area contributed by atoms with Gasteiger partial charge in [0.15, 0.2) is 0 Å². The lowest BCUT2D eigenvalue weighted by Crippen LogP contribution is -2.24. The van der Waals surface area contributed by atoms with E-state index in [2.05, 4.69) is 15.2 Å². The zero-order chi connectivity index (χ0) is 10.7. The van der Waals surface area contributed by atoms with Crippen LogP contribution in [0.15, 0.2) is 0 Å². The smallest absolute Gasteiger partial charge is 0.0991 e. The Kier molecular flexibility index (Phi) is 3.33. The summed E-state index contributed by atoms with van der Waals surface area (Å²) < 4.78 is 1.96. The summed E-state index contributed by atoms with van der Waals surface area (Å²) in [6.07, 6.45) is 2.68. The van der Waals surface area contributed by atoms with E-state index in [4.69, 9.17) is 5.73 Å². The van der Waals surface area contributed by atoms with Gasteiger partial charge in [-0.3, -0.25) is 0 Å². The summed E-state index contributed by atoms with van der Waals surface area (Å²) in [5.41, 5.74) is 7.58. The standard InChI is InChI=1S/C10H19N5/c1-9-10(8-11)12-13-15(9)7-6-14-4-2-3-5-14/h2-8,11H2,1H3. The molecule has 84 valence electrons. The third-order valence-electron chi connectivity index (χ3n) is 3.10. The molecule has 0 unspecified atom stereocenters. The molecule has 5 nitrogen and oxygen atoms in total. The van der Waals surface area contributed by atoms with Crippen molar-refractivity contribution in [2.75, 3.05) is 19.6 Å². The van der Waals surface area contributed by atoms with Crippen molar-refractivity contribution in [3.8, 4) is 0 Å². The van der Waals surface area contributed by atoms with Gasteiger partial charge in [-0.05, 0) is 32.9 Å². The highest BCUT2D eigenvalue weighted by Gasteiger charge is 2.12. The van der Waals surface area contributed by atoms with E-state index in [1.807, 2.05) is 11.6 Å². The van der Waals surface area contributed by atoms with Crippen LogP contribution < -0.4 is 5.73 Å². The molecule has 0 radical (unpaired) electrons. The number of aromatic nitrogens is 3. The topological polar surface area (TPSA) is 60.0 Å². The second-order valence-corrected chi connectivity index (χ2v) is 4.10. The molecule has 0 bridgehead atoms. The van der Waals surface area contributed by atoms with Crippen LogP contribution in [0.5, 0.6) is 0 Å². The van der Waals surface area contributed by atoms with E-state index >= 15 is 0 Å². The fourth-order valence-electron chi connectivity index (χ4n) is 2.04. The first-order valence-electron chi connectivity index (χ1n) is 5.62. The van der Waals surface area contributed by atoms with Crippen LogP contribution in [-0.4, -0.2) is 39.5 Å². The monoisotopic (exact) mass is 209 g/mol. The molecule has 2 heterocycles. The number of hydrogen-bond donors (Lipinski definition) is 1. The van der Waals surface area contributed by atoms with Crippen molar-refractivity contribution >= 4 is 0 Å². The van der Waals surface area contributed by atoms with E-state index in [-0.39, 0.29) is 0 Å². The predicted octanol–water partition coefficient (Wildman–Crippen LogP) is 0.141. The van der Waals surface area contributed by atoms with Crippen LogP contribution >= 0.6 is 0 Å². The lowest BCUT2D eigenvalue weighted by atomic mass is 10.3. The second-order valence-electron chi connectivity index (χ2n) is 4.10. The summed E-state index contributed by atoms with van der Waals surface area (Å²) in [4.78, 5) is 2.48. The van der Waals surface area contributed by atoms with Crippen molar-refractivity contribution < 1.29 is 0 Å². The summed E-state index contributed by atoms with van der Waals surface area (Å²) in [6, 6.07) is 0. The van der Waals surface area contributed by atoms with Crippen molar-refractivity contribution in [3.05, 3.63) is 11.4 Å². The third-order valence-corrected chi connectivity index (χ3v) is 3.10. The van der Waals surface area contributed by atoms with Gasteiger partial charge in [-0.2, -0.15) is 0 Å². The highest BCUT2D eigenvalue weighted by Crippen LogP contribution is 2.08. The molecule has 0 amide bonds. The maximum absolute atomic E-state index is 5.56. The van der Waals surface area contributed by atoms with E-state index in [0.29, 0.717) is 6.54 Å². The van der Waals surface area contributed by atoms with Crippen LogP contribution in [-0.2, 0) is 13.1 Å². The molecular weight excluding hydrogens is 190 g/mol. The minimum Gasteiger partial charge on any atom is -0.325 e. The Morgan fingerprint density at radius 3 is 2.60 bits per heavy atom. The fraction of sp³-hybridized carbons (Fsp3) is 0.800. The summed E-state index contributed by atoms with van der Waals surface area (Å²) in [5.74, 6) is 0. The summed E-state index contributed by atoms with van der Waals surface area (Å²) >= 11 is 0. The quantitative estimate of drug-likeness (QED) is 0.766. The molecule has 0 aromatic carbocycles. The van der Waals surface area contributed by atoms with Gasteiger partial charge in [-0.15, -0.1) is 5.10 Å². The summed E-state index contributed by atoms with van der Waals surface area (Å²) in [5, 5.41) is 8.16. The molecule has 2 rings (SSSR count). The Bertz CT molecular complexity index is 314. The second kappa shape index (κ2) is 4.72. The Hall–Kier alpha value is -0.940. The van der Waals surface area contributed by atoms with Crippen LogP contribution in [0.25, 0.3) is 0 Å². The Morgan fingerprint density at radius 2 is 2.00 bits per heavy atom. The van der Waals surface area contributed by atoms with E-state index < -0.39 is 0 Å². The number of nitrogens with two attached hydrogens (primary N) is 1. The van der Waals surface area contributed by atoms with Gasteiger partial charge in [0.25, 0.3) is 0 Å². The normalized spacial score (nSPS) is 17.5. The predicted molar refractivity (Wildman–Crippen MR) is 58.3 cm³/mol. The molecule has 1 saturated heterocycles. The number of nitrogens with zero attached hydrogens (tertiary/aromatic N) is 4. The molecule has 0 saturated carbocycles. The zero-order valence-electron chi connectivity index (χ0n) is 9.32. The molecule has 2 N–H and O–H groups in total. The zero-order valence-corrected chi connectivity index (χ0v) is 9.32. The Morgan fingerprint density at radius 1 is 1.27 bits per heavy atom. The molecule has 0 atom stereocenters. The molecular formula is C10H19N5. The highest BCUT2D eigenvalue weighted by molar-refractivity contribution is 5.06. The van der Waals surface area contributed by atoms with Crippen LogP contribution in [0.4, 0.5) is 0 Å². The van der Waals surface area contributed by atoms with Crippen molar-refractivity contribution in [2.45, 2.75) is 32.9 Å².